The Balaban J connectivity index is 0. The van der Waals surface area contributed by atoms with Crippen LogP contribution in [0, 0.1) is 6.92 Å². The van der Waals surface area contributed by atoms with Gasteiger partial charge in [-0.15, -0.1) is 0 Å². The van der Waals surface area contributed by atoms with Crippen molar-refractivity contribution in [2.45, 2.75) is 6.92 Å². The summed E-state index contributed by atoms with van der Waals surface area (Å²) in [6.07, 6.45) is 0. The summed E-state index contributed by atoms with van der Waals surface area (Å²) in [5.74, 6) is 0. The second-order valence-electron chi connectivity index (χ2n) is 0.827. The molecule has 2 nitrogen and oxygen atoms in total. The van der Waals surface area contributed by atoms with E-state index in [1.165, 1.54) is 0 Å². The molecule has 0 bridgehead atoms. The first-order valence-corrected chi connectivity index (χ1v) is 2.38. The van der Waals surface area contributed by atoms with E-state index in [4.69, 9.17) is 5.11 Å². The fourth-order valence-corrected chi connectivity index (χ4v) is 0.112. The lowest BCUT2D eigenvalue weighted by molar-refractivity contribution is 0.296. The largest absolute Gasteiger partial charge is 0.395 e. The van der Waals surface area contributed by atoms with E-state index in [2.05, 4.69) is 12.2 Å². The third-order valence-electron chi connectivity index (χ3n) is 0.362. The second kappa shape index (κ2) is 16.8. The van der Waals surface area contributed by atoms with Crippen molar-refractivity contribution in [2.24, 2.45) is 0 Å². The zero-order valence-electron chi connectivity index (χ0n) is 5.07. The van der Waals surface area contributed by atoms with E-state index in [1.54, 1.807) is 14.0 Å². The van der Waals surface area contributed by atoms with Crippen LogP contribution in [0.15, 0.2) is 0 Å². The smallest absolute Gasteiger partial charge is 0.0555 e. The third kappa shape index (κ3) is 24.7. The molecule has 0 aromatic rings. The molecule has 0 saturated carbocycles. The molecule has 0 aliphatic carbocycles. The van der Waals surface area contributed by atoms with Crippen LogP contribution < -0.4 is 5.32 Å². The predicted molar refractivity (Wildman–Crippen MR) is 32.0 cm³/mol. The van der Waals surface area contributed by atoms with Crippen molar-refractivity contribution in [3.63, 3.8) is 0 Å². The lowest BCUT2D eigenvalue weighted by Gasteiger charge is -1.84. The average Bonchev–Trinajstić information content (AvgIpc) is 1.75. The molecule has 0 spiro atoms. The highest BCUT2D eigenvalue weighted by molar-refractivity contribution is 4.27. The Hall–Kier alpha value is -0.0800. The molecule has 0 atom stereocenters. The number of hydrogen-bond acceptors (Lipinski definition) is 2. The summed E-state index contributed by atoms with van der Waals surface area (Å²) < 4.78 is 0. The molecule has 0 aromatic carbocycles. The van der Waals surface area contributed by atoms with Crippen molar-refractivity contribution in [2.75, 3.05) is 20.2 Å². The van der Waals surface area contributed by atoms with Crippen LogP contribution in [-0.2, 0) is 0 Å². The quantitative estimate of drug-likeness (QED) is 0.518. The van der Waals surface area contributed by atoms with Gasteiger partial charge in [-0.2, -0.15) is 0 Å². The number of hydrogen-bond donors (Lipinski definition) is 2. The maximum atomic E-state index is 8.00. The van der Waals surface area contributed by atoms with Gasteiger partial charge < -0.3 is 10.4 Å². The molecule has 0 saturated heterocycles. The first-order chi connectivity index (χ1) is 3.41. The maximum Gasteiger partial charge on any atom is 0.0555 e. The molecular weight excluding hydrogens is 90.1 g/mol. The van der Waals surface area contributed by atoms with Crippen molar-refractivity contribution in [1.82, 2.24) is 5.32 Å². The summed E-state index contributed by atoms with van der Waals surface area (Å²) in [6.45, 7) is 5.93. The van der Waals surface area contributed by atoms with Gasteiger partial charge in [-0.25, -0.2) is 0 Å². The lowest BCUT2D eigenvalue weighted by Crippen LogP contribution is -2.10. The van der Waals surface area contributed by atoms with Gasteiger partial charge in [0, 0.05) is 6.54 Å². The molecule has 0 heterocycles. The summed E-state index contributed by atoms with van der Waals surface area (Å²) >= 11 is 0. The SMILES string of the molecule is CNCCO.[CH2]C. The summed E-state index contributed by atoms with van der Waals surface area (Å²) in [6, 6.07) is 0. The van der Waals surface area contributed by atoms with Gasteiger partial charge in [0.25, 0.3) is 0 Å². The molecular formula is C5H14NO. The molecule has 2 heteroatoms. The molecule has 0 aromatic heterocycles. The Kier molecular flexibility index (Phi) is 24.1. The van der Waals surface area contributed by atoms with Gasteiger partial charge in [-0.1, -0.05) is 13.8 Å². The van der Waals surface area contributed by atoms with Gasteiger partial charge in [-0.3, -0.25) is 0 Å². The molecule has 7 heavy (non-hydrogen) atoms. The monoisotopic (exact) mass is 104 g/mol. The molecule has 2 N–H and O–H groups in total. The standard InChI is InChI=1S/C3H9NO.C2H5/c1-4-2-3-5;1-2/h4-5H,2-3H2,1H3;1H2,2H3. The predicted octanol–water partition coefficient (Wildman–Crippen LogP) is 0.0385. The summed E-state index contributed by atoms with van der Waals surface area (Å²) in [7, 11) is 1.80. The van der Waals surface area contributed by atoms with E-state index in [0.29, 0.717) is 6.54 Å². The first kappa shape index (κ1) is 10.0. The normalized spacial score (nSPS) is 6.86. The highest BCUT2D eigenvalue weighted by Crippen LogP contribution is 1.42. The van der Waals surface area contributed by atoms with Crippen LogP contribution in [0.4, 0.5) is 0 Å². The Morgan fingerprint density at radius 1 is 1.57 bits per heavy atom. The topological polar surface area (TPSA) is 32.3 Å². The number of aliphatic hydroxyl groups excluding tert-OH is 1. The minimum atomic E-state index is 0.233. The average molecular weight is 104 g/mol. The van der Waals surface area contributed by atoms with E-state index >= 15 is 0 Å². The molecule has 1 radical (unpaired) electrons. The van der Waals surface area contributed by atoms with Crippen LogP contribution in [-0.4, -0.2) is 25.3 Å². The van der Waals surface area contributed by atoms with Gasteiger partial charge >= 0.3 is 0 Å². The zero-order chi connectivity index (χ0) is 6.12. The number of rotatable bonds is 2. The van der Waals surface area contributed by atoms with Gasteiger partial charge in [0.15, 0.2) is 0 Å². The van der Waals surface area contributed by atoms with Gasteiger partial charge in [0.2, 0.25) is 0 Å². The van der Waals surface area contributed by atoms with Crippen molar-refractivity contribution in [3.8, 4) is 0 Å². The number of nitrogens with one attached hydrogen (secondary N) is 1. The fourth-order valence-electron chi connectivity index (χ4n) is 0.112. The number of aliphatic hydroxyl groups is 1. The Morgan fingerprint density at radius 2 is 2.00 bits per heavy atom. The zero-order valence-corrected chi connectivity index (χ0v) is 5.07. The molecule has 0 unspecified atom stereocenters. The van der Waals surface area contributed by atoms with Crippen molar-refractivity contribution >= 4 is 0 Å². The van der Waals surface area contributed by atoms with E-state index in [9.17, 15) is 0 Å². The minimum absolute atomic E-state index is 0.233. The molecule has 0 aliphatic rings. The summed E-state index contributed by atoms with van der Waals surface area (Å²) in [5.41, 5.74) is 0. The Bertz CT molecular complexity index is 15.6. The van der Waals surface area contributed by atoms with Gasteiger partial charge in [0.05, 0.1) is 6.61 Å². The maximum absolute atomic E-state index is 8.00. The molecule has 0 amide bonds. The van der Waals surface area contributed by atoms with Crippen LogP contribution >= 0.6 is 0 Å². The van der Waals surface area contributed by atoms with Crippen LogP contribution in [0.2, 0.25) is 0 Å². The van der Waals surface area contributed by atoms with E-state index < -0.39 is 0 Å². The van der Waals surface area contributed by atoms with E-state index in [1.807, 2.05) is 0 Å². The van der Waals surface area contributed by atoms with Crippen LogP contribution in [0.1, 0.15) is 6.92 Å². The highest BCUT2D eigenvalue weighted by atomic mass is 16.3. The van der Waals surface area contributed by atoms with Crippen molar-refractivity contribution < 1.29 is 5.11 Å². The molecule has 0 aliphatic heterocycles. The van der Waals surface area contributed by atoms with E-state index in [-0.39, 0.29) is 6.61 Å². The number of likely N-dealkylation sites (N-methyl/N-ethyl adjacent to an activating group) is 1. The molecule has 0 fully saturated rings. The van der Waals surface area contributed by atoms with E-state index in [0.717, 1.165) is 0 Å². The molecule has 0 rings (SSSR count). The Morgan fingerprint density at radius 3 is 2.00 bits per heavy atom. The van der Waals surface area contributed by atoms with Gasteiger partial charge in [0.1, 0.15) is 0 Å². The van der Waals surface area contributed by atoms with Crippen molar-refractivity contribution in [3.05, 3.63) is 6.92 Å². The minimum Gasteiger partial charge on any atom is -0.395 e. The molecule has 45 valence electrons. The van der Waals surface area contributed by atoms with Crippen molar-refractivity contribution in [1.29, 1.82) is 0 Å². The fraction of sp³-hybridized carbons (Fsp3) is 0.800. The Labute approximate surface area is 45.5 Å². The second-order valence-corrected chi connectivity index (χ2v) is 0.827. The third-order valence-corrected chi connectivity index (χ3v) is 0.362. The highest BCUT2D eigenvalue weighted by Gasteiger charge is 1.65. The van der Waals surface area contributed by atoms with Crippen LogP contribution in [0.3, 0.4) is 0 Å². The summed E-state index contributed by atoms with van der Waals surface area (Å²) in [5, 5.41) is 10.8. The van der Waals surface area contributed by atoms with Crippen LogP contribution in [0.5, 0.6) is 0 Å². The lowest BCUT2D eigenvalue weighted by atomic mass is 10.7. The van der Waals surface area contributed by atoms with Crippen LogP contribution in [0.25, 0.3) is 0 Å². The summed E-state index contributed by atoms with van der Waals surface area (Å²) in [4.78, 5) is 0. The van der Waals surface area contributed by atoms with Gasteiger partial charge in [-0.05, 0) is 7.05 Å². The first-order valence-electron chi connectivity index (χ1n) is 2.38.